The first-order chi connectivity index (χ1) is 8.01. The Morgan fingerprint density at radius 2 is 2.12 bits per heavy atom. The zero-order chi connectivity index (χ0) is 13.0. The van der Waals surface area contributed by atoms with E-state index in [9.17, 15) is 14.7 Å². The Balaban J connectivity index is 2.76. The molecule has 3 atom stereocenters. The number of likely N-dealkylation sites (tertiary alicyclic amines) is 1. The fourth-order valence-electron chi connectivity index (χ4n) is 2.29. The van der Waals surface area contributed by atoms with Gasteiger partial charge in [-0.2, -0.15) is 0 Å². The third kappa shape index (κ3) is 3.19. The Bertz CT molecular complexity index is 293. The van der Waals surface area contributed by atoms with Crippen LogP contribution < -0.4 is 5.73 Å². The highest BCUT2D eigenvalue weighted by molar-refractivity contribution is 5.87. The Hall–Kier alpha value is -1.10. The van der Waals surface area contributed by atoms with Crippen LogP contribution in [-0.4, -0.2) is 40.5 Å². The monoisotopic (exact) mass is 242 g/mol. The summed E-state index contributed by atoms with van der Waals surface area (Å²) in [7, 11) is 0. The summed E-state index contributed by atoms with van der Waals surface area (Å²) in [4.78, 5) is 24.6. The van der Waals surface area contributed by atoms with Gasteiger partial charge in [0.25, 0.3) is 0 Å². The summed E-state index contributed by atoms with van der Waals surface area (Å²) in [5, 5.41) is 9.19. The van der Waals surface area contributed by atoms with Gasteiger partial charge in [-0.05, 0) is 25.2 Å². The number of nitrogens with two attached hydrogens (primary N) is 1. The van der Waals surface area contributed by atoms with E-state index >= 15 is 0 Å². The largest absolute Gasteiger partial charge is 0.480 e. The molecule has 0 spiro atoms. The van der Waals surface area contributed by atoms with Crippen molar-refractivity contribution in [1.29, 1.82) is 0 Å². The number of amides is 1. The predicted molar refractivity (Wildman–Crippen MR) is 64.4 cm³/mol. The van der Waals surface area contributed by atoms with Gasteiger partial charge in [-0.3, -0.25) is 4.79 Å². The van der Waals surface area contributed by atoms with Gasteiger partial charge < -0.3 is 15.7 Å². The second-order valence-electron chi connectivity index (χ2n) is 4.70. The van der Waals surface area contributed by atoms with Crippen molar-refractivity contribution in [3.63, 3.8) is 0 Å². The van der Waals surface area contributed by atoms with Crippen LogP contribution in [0.5, 0.6) is 0 Å². The van der Waals surface area contributed by atoms with Crippen molar-refractivity contribution in [3.05, 3.63) is 0 Å². The van der Waals surface area contributed by atoms with Crippen LogP contribution in [0.4, 0.5) is 0 Å². The predicted octanol–water partition coefficient (Wildman–Crippen LogP) is 0.825. The quantitative estimate of drug-likeness (QED) is 0.764. The van der Waals surface area contributed by atoms with Crippen LogP contribution in [0.15, 0.2) is 0 Å². The first kappa shape index (κ1) is 14.0. The molecule has 0 aromatic heterocycles. The second-order valence-corrected chi connectivity index (χ2v) is 4.70. The molecule has 1 heterocycles. The molecule has 17 heavy (non-hydrogen) atoms. The standard InChI is InChI=1S/C12H22N2O3/c1-3-8-5-6-14(10(7-8)12(16)17)11(15)9(13)4-2/h8-10H,3-7,13H2,1-2H3,(H,16,17)/t8?,9-,10?/m1/s1. The average Bonchev–Trinajstić information content (AvgIpc) is 2.35. The first-order valence-corrected chi connectivity index (χ1v) is 6.30. The Morgan fingerprint density at radius 3 is 2.59 bits per heavy atom. The summed E-state index contributed by atoms with van der Waals surface area (Å²) in [5.74, 6) is -0.743. The molecule has 0 aromatic carbocycles. The van der Waals surface area contributed by atoms with Crippen LogP contribution in [-0.2, 0) is 9.59 Å². The number of carboxylic acid groups (broad SMARTS) is 1. The molecule has 1 amide bonds. The number of piperidine rings is 1. The number of aliphatic carboxylic acids is 1. The van der Waals surface area contributed by atoms with Crippen molar-refractivity contribution in [1.82, 2.24) is 4.90 Å². The van der Waals surface area contributed by atoms with E-state index in [0.717, 1.165) is 12.8 Å². The number of hydrogen-bond acceptors (Lipinski definition) is 3. The van der Waals surface area contributed by atoms with Gasteiger partial charge in [0.1, 0.15) is 6.04 Å². The van der Waals surface area contributed by atoms with Gasteiger partial charge in [0.2, 0.25) is 5.91 Å². The van der Waals surface area contributed by atoms with Gasteiger partial charge in [0, 0.05) is 6.54 Å². The molecule has 1 aliphatic heterocycles. The SMILES string of the molecule is CCC1CCN(C(=O)[C@H](N)CC)C(C(=O)O)C1. The molecule has 1 rings (SSSR count). The van der Waals surface area contributed by atoms with Crippen LogP contribution in [0.3, 0.4) is 0 Å². The molecule has 3 N–H and O–H groups in total. The van der Waals surface area contributed by atoms with Crippen LogP contribution in [0.25, 0.3) is 0 Å². The van der Waals surface area contributed by atoms with Gasteiger partial charge in [0.05, 0.1) is 6.04 Å². The normalized spacial score (nSPS) is 26.6. The van der Waals surface area contributed by atoms with Crippen LogP contribution in [0.1, 0.15) is 39.5 Å². The number of carboxylic acids is 1. The number of rotatable bonds is 4. The summed E-state index contributed by atoms with van der Waals surface area (Å²) in [6, 6.07) is -1.27. The topological polar surface area (TPSA) is 83.6 Å². The zero-order valence-electron chi connectivity index (χ0n) is 10.6. The average molecular weight is 242 g/mol. The molecule has 5 nitrogen and oxygen atoms in total. The Labute approximate surface area is 102 Å². The van der Waals surface area contributed by atoms with Crippen molar-refractivity contribution in [2.24, 2.45) is 11.7 Å². The van der Waals surface area contributed by atoms with Crippen molar-refractivity contribution < 1.29 is 14.7 Å². The Kier molecular flexibility index (Phi) is 4.93. The minimum absolute atomic E-state index is 0.227. The molecule has 2 unspecified atom stereocenters. The lowest BCUT2D eigenvalue weighted by molar-refractivity contribution is -0.153. The molecule has 0 aliphatic carbocycles. The van der Waals surface area contributed by atoms with Crippen LogP contribution >= 0.6 is 0 Å². The molecule has 1 saturated heterocycles. The highest BCUT2D eigenvalue weighted by Gasteiger charge is 2.36. The van der Waals surface area contributed by atoms with Gasteiger partial charge in [0.15, 0.2) is 0 Å². The lowest BCUT2D eigenvalue weighted by Crippen LogP contribution is -2.54. The fourth-order valence-corrected chi connectivity index (χ4v) is 2.29. The lowest BCUT2D eigenvalue weighted by Gasteiger charge is -2.38. The molecule has 0 aromatic rings. The molecular weight excluding hydrogens is 220 g/mol. The molecule has 1 aliphatic rings. The third-order valence-electron chi connectivity index (χ3n) is 3.61. The van der Waals surface area contributed by atoms with E-state index in [4.69, 9.17) is 5.73 Å². The van der Waals surface area contributed by atoms with Crippen LogP contribution in [0.2, 0.25) is 0 Å². The van der Waals surface area contributed by atoms with Crippen molar-refractivity contribution >= 4 is 11.9 Å². The molecule has 0 saturated carbocycles. The van der Waals surface area contributed by atoms with E-state index in [1.54, 1.807) is 0 Å². The van der Waals surface area contributed by atoms with Gasteiger partial charge in [-0.25, -0.2) is 4.79 Å². The summed E-state index contributed by atoms with van der Waals surface area (Å²) in [5.41, 5.74) is 5.69. The first-order valence-electron chi connectivity index (χ1n) is 6.30. The summed E-state index contributed by atoms with van der Waals surface area (Å²) in [6.45, 7) is 4.40. The van der Waals surface area contributed by atoms with Gasteiger partial charge >= 0.3 is 5.97 Å². The van der Waals surface area contributed by atoms with E-state index < -0.39 is 18.1 Å². The smallest absolute Gasteiger partial charge is 0.326 e. The number of carbonyl (C=O) groups is 2. The van der Waals surface area contributed by atoms with Crippen molar-refractivity contribution in [3.8, 4) is 0 Å². The molecule has 1 fully saturated rings. The van der Waals surface area contributed by atoms with Crippen molar-refractivity contribution in [2.45, 2.75) is 51.6 Å². The number of nitrogens with zero attached hydrogens (tertiary/aromatic N) is 1. The van der Waals surface area contributed by atoms with E-state index in [0.29, 0.717) is 25.3 Å². The maximum absolute atomic E-state index is 12.0. The minimum Gasteiger partial charge on any atom is -0.480 e. The zero-order valence-corrected chi connectivity index (χ0v) is 10.6. The maximum Gasteiger partial charge on any atom is 0.326 e. The molecular formula is C12H22N2O3. The van der Waals surface area contributed by atoms with Crippen molar-refractivity contribution in [2.75, 3.05) is 6.54 Å². The fraction of sp³-hybridized carbons (Fsp3) is 0.833. The summed E-state index contributed by atoms with van der Waals surface area (Å²) < 4.78 is 0. The lowest BCUT2D eigenvalue weighted by atomic mass is 9.88. The number of carbonyl (C=O) groups excluding carboxylic acids is 1. The third-order valence-corrected chi connectivity index (χ3v) is 3.61. The Morgan fingerprint density at radius 1 is 1.47 bits per heavy atom. The highest BCUT2D eigenvalue weighted by atomic mass is 16.4. The highest BCUT2D eigenvalue weighted by Crippen LogP contribution is 2.26. The second kappa shape index (κ2) is 6.00. The molecule has 5 heteroatoms. The minimum atomic E-state index is -0.917. The van der Waals surface area contributed by atoms with E-state index in [2.05, 4.69) is 6.92 Å². The van der Waals surface area contributed by atoms with Crippen LogP contribution in [0, 0.1) is 5.92 Å². The summed E-state index contributed by atoms with van der Waals surface area (Å²) in [6.07, 6.45) is 2.93. The maximum atomic E-state index is 12.0. The van der Waals surface area contributed by atoms with E-state index in [1.165, 1.54) is 4.90 Å². The molecule has 0 bridgehead atoms. The summed E-state index contributed by atoms with van der Waals surface area (Å²) >= 11 is 0. The van der Waals surface area contributed by atoms with E-state index in [1.807, 2.05) is 6.92 Å². The van der Waals surface area contributed by atoms with Gasteiger partial charge in [-0.1, -0.05) is 20.3 Å². The molecule has 0 radical (unpaired) electrons. The van der Waals surface area contributed by atoms with E-state index in [-0.39, 0.29) is 5.91 Å². The van der Waals surface area contributed by atoms with Gasteiger partial charge in [-0.15, -0.1) is 0 Å². The molecule has 98 valence electrons. The number of hydrogen-bond donors (Lipinski definition) is 2.